The third kappa shape index (κ3) is 3.20. The van der Waals surface area contributed by atoms with Gasteiger partial charge in [0, 0.05) is 36.7 Å². The molecular weight excluding hydrogens is 346 g/mol. The van der Waals surface area contributed by atoms with E-state index in [2.05, 4.69) is 5.32 Å². The van der Waals surface area contributed by atoms with Gasteiger partial charge in [0.15, 0.2) is 0 Å². The zero-order valence-corrected chi connectivity index (χ0v) is 16.1. The molecule has 0 atom stereocenters. The number of hydrogen-bond acceptors (Lipinski definition) is 3. The Labute approximate surface area is 150 Å². The summed E-state index contributed by atoms with van der Waals surface area (Å²) in [5.41, 5.74) is 1.78. The first-order valence-corrected chi connectivity index (χ1v) is 9.59. The molecule has 1 aliphatic heterocycles. The summed E-state index contributed by atoms with van der Waals surface area (Å²) >= 11 is 0. The highest BCUT2D eigenvalue weighted by atomic mass is 35.5. The van der Waals surface area contributed by atoms with Gasteiger partial charge in [-0.15, -0.1) is 12.4 Å². The number of aromatic nitrogens is 1. The van der Waals surface area contributed by atoms with Gasteiger partial charge in [0.2, 0.25) is 10.0 Å². The number of sulfonamides is 1. The highest BCUT2D eigenvalue weighted by molar-refractivity contribution is 7.89. The Morgan fingerprint density at radius 3 is 2.46 bits per heavy atom. The van der Waals surface area contributed by atoms with Crippen molar-refractivity contribution in [2.75, 3.05) is 26.7 Å². The fourth-order valence-corrected chi connectivity index (χ4v) is 5.49. The van der Waals surface area contributed by atoms with Crippen LogP contribution in [-0.2, 0) is 17.1 Å². The lowest BCUT2D eigenvalue weighted by atomic mass is 9.98. The lowest BCUT2D eigenvalue weighted by molar-refractivity contribution is 0.271. The molecule has 2 heterocycles. The summed E-state index contributed by atoms with van der Waals surface area (Å²) in [6, 6.07) is 7.73. The molecule has 0 aliphatic carbocycles. The second kappa shape index (κ2) is 7.44. The number of nitrogens with one attached hydrogen (secondary N) is 1. The summed E-state index contributed by atoms with van der Waals surface area (Å²) in [6.45, 7) is 4.07. The number of halogens is 1. The topological polar surface area (TPSA) is 54.3 Å². The van der Waals surface area contributed by atoms with Gasteiger partial charge in [-0.3, -0.25) is 0 Å². The van der Waals surface area contributed by atoms with Gasteiger partial charge in [0.05, 0.1) is 0 Å². The van der Waals surface area contributed by atoms with E-state index in [0.717, 1.165) is 36.0 Å². The summed E-state index contributed by atoms with van der Waals surface area (Å²) in [5.74, 6) is 0.570. The summed E-state index contributed by atoms with van der Waals surface area (Å²) in [7, 11) is 0.429. The van der Waals surface area contributed by atoms with Gasteiger partial charge in [0.25, 0.3) is 0 Å². The lowest BCUT2D eigenvalue weighted by Crippen LogP contribution is -2.40. The molecule has 134 valence electrons. The van der Waals surface area contributed by atoms with E-state index in [1.165, 1.54) is 0 Å². The fraction of sp³-hybridized carbons (Fsp3) is 0.529. The maximum atomic E-state index is 13.2. The third-order valence-electron chi connectivity index (χ3n) is 5.01. The number of nitrogens with zero attached hydrogens (tertiary/aromatic N) is 2. The van der Waals surface area contributed by atoms with Crippen molar-refractivity contribution in [3.63, 3.8) is 0 Å². The molecule has 2 aromatic rings. The van der Waals surface area contributed by atoms with Gasteiger partial charge in [0.1, 0.15) is 4.90 Å². The van der Waals surface area contributed by atoms with E-state index >= 15 is 0 Å². The fourth-order valence-electron chi connectivity index (χ4n) is 3.58. The largest absolute Gasteiger partial charge is 0.347 e. The maximum absolute atomic E-state index is 13.2. The lowest BCUT2D eigenvalue weighted by Gasteiger charge is -2.31. The zero-order valence-electron chi connectivity index (χ0n) is 14.4. The average molecular weight is 372 g/mol. The van der Waals surface area contributed by atoms with Crippen LogP contribution in [0.25, 0.3) is 10.9 Å². The summed E-state index contributed by atoms with van der Waals surface area (Å²) in [4.78, 5) is 0.475. The minimum Gasteiger partial charge on any atom is -0.347 e. The number of rotatable bonds is 4. The number of hydrogen-bond donors (Lipinski definition) is 1. The Morgan fingerprint density at radius 1 is 1.21 bits per heavy atom. The van der Waals surface area contributed by atoms with Crippen molar-refractivity contribution in [1.82, 2.24) is 14.2 Å². The Morgan fingerprint density at radius 2 is 1.83 bits per heavy atom. The highest BCUT2D eigenvalue weighted by Crippen LogP contribution is 2.32. The Hall–Kier alpha value is -1.08. The van der Waals surface area contributed by atoms with Gasteiger partial charge in [-0.2, -0.15) is 4.31 Å². The van der Waals surface area contributed by atoms with Gasteiger partial charge in [-0.1, -0.05) is 18.2 Å². The van der Waals surface area contributed by atoms with Crippen LogP contribution in [0.4, 0.5) is 0 Å². The van der Waals surface area contributed by atoms with Gasteiger partial charge in [-0.05, 0) is 45.3 Å². The Bertz CT molecular complexity index is 809. The van der Waals surface area contributed by atoms with E-state index in [4.69, 9.17) is 0 Å². The molecule has 0 saturated carbocycles. The van der Waals surface area contributed by atoms with E-state index in [1.54, 1.807) is 4.31 Å². The highest BCUT2D eigenvalue weighted by Gasteiger charge is 2.33. The summed E-state index contributed by atoms with van der Waals surface area (Å²) in [6.07, 6.45) is 1.84. The number of aryl methyl sites for hydroxylation is 1. The zero-order chi connectivity index (χ0) is 16.6. The maximum Gasteiger partial charge on any atom is 0.245 e. The molecule has 0 radical (unpaired) electrons. The van der Waals surface area contributed by atoms with Crippen molar-refractivity contribution in [3.05, 3.63) is 30.0 Å². The number of para-hydroxylation sites is 1. The third-order valence-corrected chi connectivity index (χ3v) is 7.08. The van der Waals surface area contributed by atoms with Crippen LogP contribution in [0.15, 0.2) is 29.2 Å². The number of benzene rings is 1. The molecular formula is C17H26ClN3O2S. The Balaban J connectivity index is 0.00000208. The van der Waals surface area contributed by atoms with E-state index in [0.29, 0.717) is 23.9 Å². The molecule has 0 bridgehead atoms. The average Bonchev–Trinajstić information content (AvgIpc) is 2.81. The molecule has 1 fully saturated rings. The predicted octanol–water partition coefficient (Wildman–Crippen LogP) is 2.53. The van der Waals surface area contributed by atoms with Gasteiger partial charge < -0.3 is 9.88 Å². The second-order valence-electron chi connectivity index (χ2n) is 6.40. The first-order valence-electron chi connectivity index (χ1n) is 8.15. The minimum absolute atomic E-state index is 0. The van der Waals surface area contributed by atoms with Crippen LogP contribution in [0.1, 0.15) is 18.5 Å². The molecule has 1 N–H and O–H groups in total. The van der Waals surface area contributed by atoms with Crippen LogP contribution >= 0.6 is 12.4 Å². The monoisotopic (exact) mass is 371 g/mol. The standard InChI is InChI=1S/C17H25N3O2S.ClH/c1-13-17(15-6-4-5-7-16(15)19(13)3)23(21,22)20-10-8-14(9-11-20)12-18-2;/h4-7,14,18H,8-12H2,1-3H3;1H. The molecule has 0 unspecified atom stereocenters. The van der Waals surface area contributed by atoms with Crippen LogP contribution in [0.2, 0.25) is 0 Å². The minimum atomic E-state index is -3.44. The number of fused-ring (bicyclic) bond motifs is 1. The van der Waals surface area contributed by atoms with E-state index in [1.807, 2.05) is 49.9 Å². The van der Waals surface area contributed by atoms with Crippen LogP contribution < -0.4 is 5.32 Å². The van der Waals surface area contributed by atoms with Crippen molar-refractivity contribution < 1.29 is 8.42 Å². The van der Waals surface area contributed by atoms with Crippen molar-refractivity contribution in [3.8, 4) is 0 Å². The molecule has 5 nitrogen and oxygen atoms in total. The van der Waals surface area contributed by atoms with E-state index in [-0.39, 0.29) is 12.4 Å². The van der Waals surface area contributed by atoms with Gasteiger partial charge >= 0.3 is 0 Å². The summed E-state index contributed by atoms with van der Waals surface area (Å²) in [5, 5.41) is 4.01. The first kappa shape index (κ1) is 19.2. The molecule has 24 heavy (non-hydrogen) atoms. The van der Waals surface area contributed by atoms with Gasteiger partial charge in [-0.25, -0.2) is 8.42 Å². The van der Waals surface area contributed by atoms with Crippen molar-refractivity contribution >= 4 is 33.3 Å². The molecule has 7 heteroatoms. The van der Waals surface area contributed by atoms with E-state index < -0.39 is 10.0 Å². The molecule has 1 aliphatic rings. The van der Waals surface area contributed by atoms with Crippen LogP contribution in [-0.4, -0.2) is 44.0 Å². The first-order chi connectivity index (χ1) is 11.0. The van der Waals surface area contributed by atoms with Crippen molar-refractivity contribution in [1.29, 1.82) is 0 Å². The van der Waals surface area contributed by atoms with Crippen LogP contribution in [0.3, 0.4) is 0 Å². The molecule has 1 saturated heterocycles. The second-order valence-corrected chi connectivity index (χ2v) is 8.27. The van der Waals surface area contributed by atoms with Crippen LogP contribution in [0, 0.1) is 12.8 Å². The molecule has 1 aromatic heterocycles. The smallest absolute Gasteiger partial charge is 0.245 e. The quantitative estimate of drug-likeness (QED) is 0.898. The number of piperidine rings is 1. The predicted molar refractivity (Wildman–Crippen MR) is 100 cm³/mol. The van der Waals surface area contributed by atoms with E-state index in [9.17, 15) is 8.42 Å². The normalized spacial score (nSPS) is 17.1. The molecule has 0 spiro atoms. The molecule has 0 amide bonds. The molecule has 1 aromatic carbocycles. The van der Waals surface area contributed by atoms with Crippen molar-refractivity contribution in [2.24, 2.45) is 13.0 Å². The summed E-state index contributed by atoms with van der Waals surface area (Å²) < 4.78 is 30.0. The SMILES string of the molecule is CNCC1CCN(S(=O)(=O)c2c(C)n(C)c3ccccc23)CC1.Cl. The Kier molecular flexibility index (Phi) is 5.96. The molecule has 3 rings (SSSR count). The van der Waals surface area contributed by atoms with Crippen LogP contribution in [0.5, 0.6) is 0 Å². The van der Waals surface area contributed by atoms with Crippen molar-refractivity contribution in [2.45, 2.75) is 24.7 Å².